The summed E-state index contributed by atoms with van der Waals surface area (Å²) in [7, 11) is 5.94. The predicted molar refractivity (Wildman–Crippen MR) is 103 cm³/mol. The lowest BCUT2D eigenvalue weighted by molar-refractivity contribution is 0.462. The molecule has 8 heteroatoms. The molecule has 5 nitrogen and oxygen atoms in total. The third-order valence-electron chi connectivity index (χ3n) is 3.29. The first-order valence-corrected chi connectivity index (χ1v) is 10.0. The van der Waals surface area contributed by atoms with Crippen molar-refractivity contribution in [1.82, 2.24) is 19.8 Å². The van der Waals surface area contributed by atoms with Gasteiger partial charge in [0.1, 0.15) is 4.34 Å². The Hall–Kier alpha value is -0.990. The van der Waals surface area contributed by atoms with Gasteiger partial charge >= 0.3 is 0 Å². The largest absolute Gasteiger partial charge is 0.356 e. The highest BCUT2D eigenvalue weighted by atomic mass is 79.9. The normalized spacial score (nSPS) is 11.7. The third-order valence-corrected chi connectivity index (χ3v) is 5.77. The van der Waals surface area contributed by atoms with Crippen LogP contribution in [0.1, 0.15) is 12.1 Å². The summed E-state index contributed by atoms with van der Waals surface area (Å²) in [4.78, 5) is 10.8. The molecular formula is C15H22BrN5S2. The Kier molecular flexibility index (Phi) is 7.45. The highest BCUT2D eigenvalue weighted by Crippen LogP contribution is 2.20. The van der Waals surface area contributed by atoms with Crippen molar-refractivity contribution in [3.63, 3.8) is 0 Å². The molecule has 0 amide bonds. The number of guanidine groups is 1. The lowest BCUT2D eigenvalue weighted by Crippen LogP contribution is -2.39. The first-order chi connectivity index (χ1) is 11.1. The zero-order valence-electron chi connectivity index (χ0n) is 13.6. The summed E-state index contributed by atoms with van der Waals surface area (Å²) in [5.41, 5.74) is 1.24. The van der Waals surface area contributed by atoms with Crippen LogP contribution in [0, 0.1) is 0 Å². The van der Waals surface area contributed by atoms with Gasteiger partial charge in [0.25, 0.3) is 0 Å². The SMILES string of the molecule is CN=C(NCCCSc1nccs1)N(C)Cc1cc(Br)cn1C. The van der Waals surface area contributed by atoms with Crippen molar-refractivity contribution >= 4 is 45.0 Å². The van der Waals surface area contributed by atoms with E-state index in [1.807, 2.05) is 30.4 Å². The van der Waals surface area contributed by atoms with E-state index in [1.165, 1.54) is 5.69 Å². The van der Waals surface area contributed by atoms with Crippen molar-refractivity contribution in [2.75, 3.05) is 26.4 Å². The second kappa shape index (κ2) is 9.34. The van der Waals surface area contributed by atoms with Gasteiger partial charge in [-0.2, -0.15) is 0 Å². The van der Waals surface area contributed by atoms with Crippen molar-refractivity contribution in [3.8, 4) is 0 Å². The van der Waals surface area contributed by atoms with Gasteiger partial charge in [0.15, 0.2) is 5.96 Å². The summed E-state index contributed by atoms with van der Waals surface area (Å²) >= 11 is 7.01. The number of aliphatic imine (C=N–C) groups is 1. The van der Waals surface area contributed by atoms with E-state index in [0.29, 0.717) is 0 Å². The maximum Gasteiger partial charge on any atom is 0.193 e. The topological polar surface area (TPSA) is 45.5 Å². The van der Waals surface area contributed by atoms with Crippen molar-refractivity contribution in [1.29, 1.82) is 0 Å². The Labute approximate surface area is 154 Å². The summed E-state index contributed by atoms with van der Waals surface area (Å²) in [5, 5.41) is 5.43. The van der Waals surface area contributed by atoms with Gasteiger partial charge in [-0.05, 0) is 28.4 Å². The molecule has 0 fully saturated rings. The highest BCUT2D eigenvalue weighted by molar-refractivity contribution is 9.10. The Balaban J connectivity index is 1.72. The number of rotatable bonds is 7. The molecule has 0 aliphatic carbocycles. The van der Waals surface area contributed by atoms with E-state index >= 15 is 0 Å². The first-order valence-electron chi connectivity index (χ1n) is 7.35. The fraction of sp³-hybridized carbons (Fsp3) is 0.467. The number of aromatic nitrogens is 2. The van der Waals surface area contributed by atoms with Gasteiger partial charge in [0, 0.05) is 61.4 Å². The second-order valence-electron chi connectivity index (χ2n) is 5.09. The quantitative estimate of drug-likeness (QED) is 0.325. The number of thiazole rings is 1. The molecule has 0 radical (unpaired) electrons. The molecule has 2 aromatic heterocycles. The van der Waals surface area contributed by atoms with Gasteiger partial charge in [0.05, 0.1) is 6.54 Å². The van der Waals surface area contributed by atoms with Crippen LogP contribution in [-0.4, -0.2) is 46.8 Å². The second-order valence-corrected chi connectivity index (χ2v) is 8.24. The molecule has 0 aliphatic rings. The molecule has 23 heavy (non-hydrogen) atoms. The Morgan fingerprint density at radius 1 is 1.57 bits per heavy atom. The number of aryl methyl sites for hydroxylation is 1. The van der Waals surface area contributed by atoms with Gasteiger partial charge in [-0.1, -0.05) is 11.8 Å². The molecular weight excluding hydrogens is 394 g/mol. The summed E-state index contributed by atoms with van der Waals surface area (Å²) in [6, 6.07) is 2.13. The molecule has 1 N–H and O–H groups in total. The molecule has 2 aromatic rings. The average molecular weight is 416 g/mol. The number of thioether (sulfide) groups is 1. The van der Waals surface area contributed by atoms with Crippen LogP contribution in [0.15, 0.2) is 37.6 Å². The van der Waals surface area contributed by atoms with E-state index in [2.05, 4.69) is 67.0 Å². The zero-order chi connectivity index (χ0) is 16.7. The summed E-state index contributed by atoms with van der Waals surface area (Å²) in [5.74, 6) is 1.98. The Morgan fingerprint density at radius 2 is 2.39 bits per heavy atom. The van der Waals surface area contributed by atoms with Crippen LogP contribution in [0.3, 0.4) is 0 Å². The molecule has 0 aliphatic heterocycles. The molecule has 126 valence electrons. The van der Waals surface area contributed by atoms with E-state index in [4.69, 9.17) is 0 Å². The van der Waals surface area contributed by atoms with Crippen molar-refractivity contribution in [2.24, 2.45) is 12.0 Å². The monoisotopic (exact) mass is 415 g/mol. The summed E-state index contributed by atoms with van der Waals surface area (Å²) < 4.78 is 4.37. The maximum atomic E-state index is 4.36. The maximum absolute atomic E-state index is 4.36. The minimum absolute atomic E-state index is 0.815. The van der Waals surface area contributed by atoms with Crippen molar-refractivity contribution in [3.05, 3.63) is 34.0 Å². The van der Waals surface area contributed by atoms with Gasteiger partial charge < -0.3 is 14.8 Å². The fourth-order valence-electron chi connectivity index (χ4n) is 2.14. The van der Waals surface area contributed by atoms with Crippen LogP contribution in [0.2, 0.25) is 0 Å². The summed E-state index contributed by atoms with van der Waals surface area (Å²) in [6.45, 7) is 1.72. The molecule has 0 aromatic carbocycles. The standard InChI is InChI=1S/C15H22BrN5S2/c1-17-14(18-5-4-7-22-15-19-6-8-23-15)21(3)11-13-9-12(16)10-20(13)2/h6,8-10H,4-5,7,11H2,1-3H3,(H,17,18). The summed E-state index contributed by atoms with van der Waals surface area (Å²) in [6.07, 6.45) is 4.99. The number of hydrogen-bond acceptors (Lipinski definition) is 4. The van der Waals surface area contributed by atoms with Gasteiger partial charge in [-0.3, -0.25) is 4.99 Å². The Morgan fingerprint density at radius 3 is 3.00 bits per heavy atom. The molecule has 0 saturated heterocycles. The van der Waals surface area contributed by atoms with Crippen LogP contribution < -0.4 is 5.32 Å². The third kappa shape index (κ3) is 5.86. The van der Waals surface area contributed by atoms with E-state index in [-0.39, 0.29) is 0 Å². The zero-order valence-corrected chi connectivity index (χ0v) is 16.8. The van der Waals surface area contributed by atoms with Crippen molar-refractivity contribution in [2.45, 2.75) is 17.3 Å². The molecule has 0 spiro atoms. The lowest BCUT2D eigenvalue weighted by Gasteiger charge is -2.22. The molecule has 0 bridgehead atoms. The minimum atomic E-state index is 0.815. The van der Waals surface area contributed by atoms with Crippen LogP contribution in [0.25, 0.3) is 0 Å². The van der Waals surface area contributed by atoms with E-state index in [0.717, 1.165) is 40.0 Å². The fourth-order valence-corrected chi connectivity index (χ4v) is 4.36. The van der Waals surface area contributed by atoms with E-state index < -0.39 is 0 Å². The van der Waals surface area contributed by atoms with E-state index in [9.17, 15) is 0 Å². The van der Waals surface area contributed by atoms with Crippen LogP contribution in [-0.2, 0) is 13.6 Å². The smallest absolute Gasteiger partial charge is 0.193 e. The Bertz CT molecular complexity index is 624. The minimum Gasteiger partial charge on any atom is -0.356 e. The number of halogens is 1. The lowest BCUT2D eigenvalue weighted by atomic mass is 10.4. The van der Waals surface area contributed by atoms with Gasteiger partial charge in [-0.25, -0.2) is 4.98 Å². The first kappa shape index (κ1) is 18.4. The average Bonchev–Trinajstić information content (AvgIpc) is 3.13. The molecule has 0 saturated carbocycles. The molecule has 2 rings (SSSR count). The highest BCUT2D eigenvalue weighted by Gasteiger charge is 2.09. The van der Waals surface area contributed by atoms with Gasteiger partial charge in [0.2, 0.25) is 0 Å². The number of nitrogens with one attached hydrogen (secondary N) is 1. The van der Waals surface area contributed by atoms with Crippen LogP contribution in [0.5, 0.6) is 0 Å². The molecule has 2 heterocycles. The van der Waals surface area contributed by atoms with Gasteiger partial charge in [-0.15, -0.1) is 11.3 Å². The molecule has 0 atom stereocenters. The van der Waals surface area contributed by atoms with E-state index in [1.54, 1.807) is 11.3 Å². The van der Waals surface area contributed by atoms with Crippen LogP contribution in [0.4, 0.5) is 0 Å². The predicted octanol–water partition coefficient (Wildman–Crippen LogP) is 3.43. The number of hydrogen-bond donors (Lipinski definition) is 1. The number of nitrogens with zero attached hydrogens (tertiary/aromatic N) is 4. The molecule has 0 unspecified atom stereocenters. The van der Waals surface area contributed by atoms with Crippen LogP contribution >= 0.6 is 39.0 Å². The van der Waals surface area contributed by atoms with Crippen molar-refractivity contribution < 1.29 is 0 Å².